The van der Waals surface area contributed by atoms with Gasteiger partial charge in [0.2, 0.25) is 5.91 Å². The van der Waals surface area contributed by atoms with E-state index in [1.807, 2.05) is 7.05 Å². The van der Waals surface area contributed by atoms with Crippen LogP contribution in [0, 0.1) is 6.92 Å². The number of aryl methyl sites for hydroxylation is 1. The van der Waals surface area contributed by atoms with Crippen LogP contribution < -0.4 is 5.32 Å². The average molecular weight is 292 g/mol. The Morgan fingerprint density at radius 3 is 2.60 bits per heavy atom. The fourth-order valence-electron chi connectivity index (χ4n) is 2.50. The fourth-order valence-corrected chi connectivity index (χ4v) is 3.93. The van der Waals surface area contributed by atoms with Gasteiger partial charge in [0.15, 0.2) is 0 Å². The second-order valence-corrected chi connectivity index (χ2v) is 6.57. The maximum absolute atomic E-state index is 12.5. The minimum absolute atomic E-state index is 0.121. The molecule has 3 nitrogen and oxygen atoms in total. The molecule has 1 aromatic carbocycles. The van der Waals surface area contributed by atoms with Crippen LogP contribution in [0.4, 0.5) is 0 Å². The first-order valence-electron chi connectivity index (χ1n) is 7.34. The quantitative estimate of drug-likeness (QED) is 0.818. The van der Waals surface area contributed by atoms with Crippen LogP contribution in [0.3, 0.4) is 0 Å². The van der Waals surface area contributed by atoms with Gasteiger partial charge < -0.3 is 10.2 Å². The van der Waals surface area contributed by atoms with Crippen molar-refractivity contribution in [1.29, 1.82) is 0 Å². The molecule has 2 unspecified atom stereocenters. The van der Waals surface area contributed by atoms with Gasteiger partial charge in [-0.3, -0.25) is 4.79 Å². The highest BCUT2D eigenvalue weighted by Gasteiger charge is 2.39. The summed E-state index contributed by atoms with van der Waals surface area (Å²) in [5, 5.41) is 3.46. The zero-order chi connectivity index (χ0) is 14.5. The molecule has 2 atom stereocenters. The molecule has 2 rings (SSSR count). The molecule has 1 N–H and O–H groups in total. The Labute approximate surface area is 126 Å². The van der Waals surface area contributed by atoms with Gasteiger partial charge in [-0.2, -0.15) is 0 Å². The number of benzene rings is 1. The number of hydrogen-bond donors (Lipinski definition) is 1. The summed E-state index contributed by atoms with van der Waals surface area (Å²) in [6, 6.07) is 8.57. The van der Waals surface area contributed by atoms with E-state index in [0.717, 1.165) is 25.9 Å². The third kappa shape index (κ3) is 3.36. The molecule has 1 heterocycles. The number of amides is 1. The fraction of sp³-hybridized carbons (Fsp3) is 0.562. The molecule has 1 amide bonds. The number of nitrogens with zero attached hydrogens (tertiary/aromatic N) is 1. The molecule has 0 aromatic heterocycles. The minimum Gasteiger partial charge on any atom is -0.326 e. The Bertz CT molecular complexity index is 446. The van der Waals surface area contributed by atoms with Gasteiger partial charge >= 0.3 is 0 Å². The average Bonchev–Trinajstić information content (AvgIpc) is 2.77. The molecule has 0 spiro atoms. The molecule has 0 radical (unpaired) electrons. The lowest BCUT2D eigenvalue weighted by Gasteiger charge is -2.24. The van der Waals surface area contributed by atoms with E-state index in [2.05, 4.69) is 48.3 Å². The third-order valence-corrected chi connectivity index (χ3v) is 5.34. The Balaban J connectivity index is 2.15. The molecule has 20 heavy (non-hydrogen) atoms. The summed E-state index contributed by atoms with van der Waals surface area (Å²) in [4.78, 5) is 14.5. The zero-order valence-electron chi connectivity index (χ0n) is 12.6. The van der Waals surface area contributed by atoms with E-state index >= 15 is 0 Å². The van der Waals surface area contributed by atoms with Crippen LogP contribution >= 0.6 is 11.8 Å². The number of carbonyl (C=O) groups is 1. The summed E-state index contributed by atoms with van der Waals surface area (Å²) < 4.78 is 0. The zero-order valence-corrected chi connectivity index (χ0v) is 13.4. The maximum Gasteiger partial charge on any atom is 0.236 e. The van der Waals surface area contributed by atoms with Gasteiger partial charge in [0.25, 0.3) is 0 Å². The smallest absolute Gasteiger partial charge is 0.236 e. The Kier molecular flexibility index (Phi) is 5.49. The summed E-state index contributed by atoms with van der Waals surface area (Å²) in [5.41, 5.74) is 2.51. The van der Waals surface area contributed by atoms with Gasteiger partial charge in [-0.15, -0.1) is 11.8 Å². The first kappa shape index (κ1) is 15.4. The van der Waals surface area contributed by atoms with Crippen LogP contribution in [0.15, 0.2) is 24.3 Å². The van der Waals surface area contributed by atoms with Crippen molar-refractivity contribution in [1.82, 2.24) is 10.2 Å². The largest absolute Gasteiger partial charge is 0.326 e. The van der Waals surface area contributed by atoms with Crippen LogP contribution in [-0.2, 0) is 4.79 Å². The van der Waals surface area contributed by atoms with E-state index < -0.39 is 0 Å². The lowest BCUT2D eigenvalue weighted by Crippen LogP contribution is -2.33. The maximum atomic E-state index is 12.5. The van der Waals surface area contributed by atoms with Crippen LogP contribution in [0.1, 0.15) is 36.3 Å². The van der Waals surface area contributed by atoms with E-state index in [-0.39, 0.29) is 10.6 Å². The molecular formula is C16H24N2OS. The summed E-state index contributed by atoms with van der Waals surface area (Å²) >= 11 is 1.80. The van der Waals surface area contributed by atoms with Crippen molar-refractivity contribution in [3.8, 4) is 0 Å². The molecule has 0 saturated carbocycles. The van der Waals surface area contributed by atoms with Crippen molar-refractivity contribution < 1.29 is 4.79 Å². The molecule has 1 saturated heterocycles. The van der Waals surface area contributed by atoms with Gasteiger partial charge in [-0.1, -0.05) is 36.8 Å². The predicted molar refractivity (Wildman–Crippen MR) is 85.8 cm³/mol. The van der Waals surface area contributed by atoms with Gasteiger partial charge in [-0.25, -0.2) is 0 Å². The van der Waals surface area contributed by atoms with E-state index in [4.69, 9.17) is 0 Å². The van der Waals surface area contributed by atoms with Crippen molar-refractivity contribution >= 4 is 17.7 Å². The van der Waals surface area contributed by atoms with Crippen molar-refractivity contribution in [2.24, 2.45) is 0 Å². The Hall–Kier alpha value is -1.00. The summed E-state index contributed by atoms with van der Waals surface area (Å²) in [7, 11) is 1.95. The third-order valence-electron chi connectivity index (χ3n) is 3.69. The van der Waals surface area contributed by atoms with E-state index in [0.29, 0.717) is 5.91 Å². The second kappa shape index (κ2) is 7.14. The summed E-state index contributed by atoms with van der Waals surface area (Å²) in [6.07, 6.45) is 1.91. The standard InChI is InChI=1S/C16H24N2OS/c1-4-14-15(19)18(11-5-10-17-3)16(20-14)13-8-6-12(2)7-9-13/h6-9,14,16-17H,4-5,10-11H2,1-3H3. The Morgan fingerprint density at radius 2 is 2.00 bits per heavy atom. The molecule has 1 aliphatic rings. The lowest BCUT2D eigenvalue weighted by molar-refractivity contribution is -0.130. The minimum atomic E-state index is 0.121. The van der Waals surface area contributed by atoms with Gasteiger partial charge in [0.1, 0.15) is 5.37 Å². The number of nitrogens with one attached hydrogen (secondary N) is 1. The molecule has 4 heteroatoms. The molecular weight excluding hydrogens is 268 g/mol. The summed E-state index contributed by atoms with van der Waals surface area (Å²) in [6.45, 7) is 5.97. The molecule has 110 valence electrons. The Morgan fingerprint density at radius 1 is 1.30 bits per heavy atom. The topological polar surface area (TPSA) is 32.3 Å². The first-order chi connectivity index (χ1) is 9.67. The van der Waals surface area contributed by atoms with Gasteiger partial charge in [-0.05, 0) is 38.9 Å². The number of carbonyl (C=O) groups excluding carboxylic acids is 1. The van der Waals surface area contributed by atoms with Crippen molar-refractivity contribution in [3.63, 3.8) is 0 Å². The van der Waals surface area contributed by atoms with Gasteiger partial charge in [0.05, 0.1) is 5.25 Å². The predicted octanol–water partition coefficient (Wildman–Crippen LogP) is 2.96. The van der Waals surface area contributed by atoms with E-state index in [9.17, 15) is 4.79 Å². The van der Waals surface area contributed by atoms with Gasteiger partial charge in [0, 0.05) is 6.54 Å². The van der Waals surface area contributed by atoms with Crippen molar-refractivity contribution in [2.75, 3.05) is 20.1 Å². The molecule has 0 bridgehead atoms. The van der Waals surface area contributed by atoms with Crippen LogP contribution in [0.2, 0.25) is 0 Å². The lowest BCUT2D eigenvalue weighted by atomic mass is 10.1. The first-order valence-corrected chi connectivity index (χ1v) is 8.28. The van der Waals surface area contributed by atoms with Crippen molar-refractivity contribution in [2.45, 2.75) is 37.3 Å². The second-order valence-electron chi connectivity index (χ2n) is 5.28. The number of thioether (sulfide) groups is 1. The van der Waals surface area contributed by atoms with Crippen molar-refractivity contribution in [3.05, 3.63) is 35.4 Å². The highest BCUT2D eigenvalue weighted by molar-refractivity contribution is 8.01. The van der Waals surface area contributed by atoms with Crippen LogP contribution in [0.25, 0.3) is 0 Å². The SMILES string of the molecule is CCC1SC(c2ccc(C)cc2)N(CCCNC)C1=O. The van der Waals surface area contributed by atoms with Crippen LogP contribution in [-0.4, -0.2) is 36.2 Å². The highest BCUT2D eigenvalue weighted by atomic mass is 32.2. The van der Waals surface area contributed by atoms with E-state index in [1.54, 1.807) is 11.8 Å². The molecule has 1 aliphatic heterocycles. The van der Waals surface area contributed by atoms with E-state index in [1.165, 1.54) is 11.1 Å². The molecule has 1 aromatic rings. The molecule has 0 aliphatic carbocycles. The molecule has 1 fully saturated rings. The highest BCUT2D eigenvalue weighted by Crippen LogP contribution is 2.44. The number of hydrogen-bond acceptors (Lipinski definition) is 3. The summed E-state index contributed by atoms with van der Waals surface area (Å²) in [5.74, 6) is 0.305. The normalized spacial score (nSPS) is 22.6. The van der Waals surface area contributed by atoms with Crippen LogP contribution in [0.5, 0.6) is 0 Å². The monoisotopic (exact) mass is 292 g/mol. The number of rotatable bonds is 6.